The van der Waals surface area contributed by atoms with Crippen LogP contribution in [0.5, 0.6) is 0 Å². The lowest BCUT2D eigenvalue weighted by Gasteiger charge is -2.37. The van der Waals surface area contributed by atoms with Crippen molar-refractivity contribution in [2.75, 3.05) is 26.9 Å². The van der Waals surface area contributed by atoms with Crippen molar-refractivity contribution in [1.82, 2.24) is 4.90 Å². The third-order valence-corrected chi connectivity index (χ3v) is 10.3. The summed E-state index contributed by atoms with van der Waals surface area (Å²) in [4.78, 5) is 42.2. The first-order valence-electron chi connectivity index (χ1n) is 15.9. The molecule has 2 aliphatic carbocycles. The van der Waals surface area contributed by atoms with Crippen LogP contribution in [0, 0.1) is 29.6 Å². The Hall–Kier alpha value is -2.74. The van der Waals surface area contributed by atoms with Crippen LogP contribution >= 0.6 is 0 Å². The van der Waals surface area contributed by atoms with E-state index in [2.05, 4.69) is 0 Å². The Morgan fingerprint density at radius 1 is 1.02 bits per heavy atom. The Morgan fingerprint density at radius 3 is 2.43 bits per heavy atom. The van der Waals surface area contributed by atoms with Crippen molar-refractivity contribution in [1.29, 1.82) is 0 Å². The highest BCUT2D eigenvalue weighted by atomic mass is 19.1. The normalized spacial score (nSPS) is 29.0. The van der Waals surface area contributed by atoms with Crippen LogP contribution in [0.15, 0.2) is 28.7 Å². The Bertz CT molecular complexity index is 1240. The van der Waals surface area contributed by atoms with E-state index in [9.17, 15) is 18.8 Å². The fourth-order valence-electron chi connectivity index (χ4n) is 7.83. The summed E-state index contributed by atoms with van der Waals surface area (Å²) in [6.07, 6.45) is 8.64. The van der Waals surface area contributed by atoms with Crippen LogP contribution in [0.25, 0.3) is 11.0 Å². The fourth-order valence-corrected chi connectivity index (χ4v) is 7.83. The highest BCUT2D eigenvalue weighted by Gasteiger charge is 2.47. The molecule has 3 aliphatic rings. The summed E-state index contributed by atoms with van der Waals surface area (Å²) in [6, 6.07) is 6.78. The minimum Gasteiger partial charge on any atom is -0.460 e. The van der Waals surface area contributed by atoms with E-state index in [1.54, 1.807) is 26.2 Å². The number of Topliss-reactive ketones (excluding diaryl/α,β-unsaturated/α-hetero) is 1. The zero-order valence-electron chi connectivity index (χ0n) is 25.3. The third kappa shape index (κ3) is 6.58. The van der Waals surface area contributed by atoms with Gasteiger partial charge in [-0.2, -0.15) is 0 Å². The number of alkyl halides is 1. The molecule has 1 saturated heterocycles. The first kappa shape index (κ1) is 30.7. The van der Waals surface area contributed by atoms with Gasteiger partial charge >= 0.3 is 5.97 Å². The number of rotatable bonds is 10. The van der Waals surface area contributed by atoms with Gasteiger partial charge in [-0.15, -0.1) is 0 Å². The number of nitrogens with zero attached hydrogens (tertiary/aromatic N) is 1. The summed E-state index contributed by atoms with van der Waals surface area (Å²) >= 11 is 0. The van der Waals surface area contributed by atoms with Gasteiger partial charge in [0.2, 0.25) is 11.7 Å². The molecule has 2 heterocycles. The Balaban J connectivity index is 1.33. The van der Waals surface area contributed by atoms with Crippen molar-refractivity contribution < 1.29 is 32.7 Å². The first-order chi connectivity index (χ1) is 20.3. The second kappa shape index (κ2) is 13.7. The van der Waals surface area contributed by atoms with E-state index in [1.165, 1.54) is 0 Å². The summed E-state index contributed by atoms with van der Waals surface area (Å²) in [5.41, 5.74) is 1.41. The first-order valence-corrected chi connectivity index (χ1v) is 15.9. The quantitative estimate of drug-likeness (QED) is 0.295. The third-order valence-electron chi connectivity index (χ3n) is 10.3. The number of carbonyl (C=O) groups is 3. The molecular weight excluding hydrogens is 537 g/mol. The number of likely N-dealkylation sites (tertiary alicyclic amines) is 1. The summed E-state index contributed by atoms with van der Waals surface area (Å²) in [5, 5.41) is 0.747. The number of methoxy groups -OCH3 is 1. The fraction of sp³-hybridized carbons (Fsp3) is 0.676. The van der Waals surface area contributed by atoms with Gasteiger partial charge in [-0.05, 0) is 112 Å². The summed E-state index contributed by atoms with van der Waals surface area (Å²) in [6.45, 7) is 4.28. The van der Waals surface area contributed by atoms with E-state index in [0.29, 0.717) is 24.0 Å². The number of hydrogen-bond donors (Lipinski definition) is 0. The van der Waals surface area contributed by atoms with E-state index >= 15 is 0 Å². The molecule has 0 N–H and O–H groups in total. The lowest BCUT2D eigenvalue weighted by atomic mass is 9.74. The van der Waals surface area contributed by atoms with Gasteiger partial charge in [0.1, 0.15) is 5.58 Å². The monoisotopic (exact) mass is 583 g/mol. The van der Waals surface area contributed by atoms with Crippen LogP contribution in [-0.2, 0) is 25.5 Å². The minimum atomic E-state index is -0.509. The number of furan rings is 1. The molecule has 3 fully saturated rings. The number of benzene rings is 1. The van der Waals surface area contributed by atoms with Crippen molar-refractivity contribution >= 4 is 28.6 Å². The van der Waals surface area contributed by atoms with Gasteiger partial charge < -0.3 is 18.8 Å². The lowest BCUT2D eigenvalue weighted by Crippen LogP contribution is -2.48. The van der Waals surface area contributed by atoms with Gasteiger partial charge in [0.25, 0.3) is 0 Å². The van der Waals surface area contributed by atoms with Crippen LogP contribution in [0.1, 0.15) is 87.8 Å². The largest absolute Gasteiger partial charge is 0.460 e. The zero-order chi connectivity index (χ0) is 29.8. The smallest absolute Gasteiger partial charge is 0.374 e. The molecule has 0 spiro atoms. The van der Waals surface area contributed by atoms with E-state index in [0.717, 1.165) is 68.7 Å². The standard InChI is InChI=1S/C34H46FNO6/c1-4-41-34(39)31-19-26-17-22(5-14-30(26)42-31)18-29(37)32-28(24-10-12-27(40-3)13-11-24)15-16-36(32)33(38)25-8-6-23(7-9-25)21(2)20-35/h5,14,17,19,21,23-25,27-28,32H,4,6-13,15-16,18,20H2,1-3H3/t21-,23?,24?,25?,27?,28+,32+/m1/s1. The van der Waals surface area contributed by atoms with Crippen molar-refractivity contribution in [3.63, 3.8) is 0 Å². The highest BCUT2D eigenvalue weighted by Crippen LogP contribution is 2.42. The molecule has 1 aromatic carbocycles. The topological polar surface area (TPSA) is 86.1 Å². The SMILES string of the molecule is CCOC(=O)c1cc2cc(CC(=O)[C@@H]3[C@H](C4CCC(OC)CC4)CCN3C(=O)C3CCC([C@H](C)CF)CC3)ccc2o1. The number of ketones is 1. The Labute approximate surface area is 248 Å². The average molecular weight is 584 g/mol. The molecule has 3 atom stereocenters. The van der Waals surface area contributed by atoms with Gasteiger partial charge in [-0.1, -0.05) is 13.0 Å². The lowest BCUT2D eigenvalue weighted by molar-refractivity contribution is -0.143. The molecule has 1 aliphatic heterocycles. The maximum Gasteiger partial charge on any atom is 0.374 e. The number of esters is 1. The van der Waals surface area contributed by atoms with Gasteiger partial charge in [0, 0.05) is 31.4 Å². The van der Waals surface area contributed by atoms with E-state index in [1.807, 2.05) is 24.0 Å². The highest BCUT2D eigenvalue weighted by molar-refractivity contribution is 5.94. The molecule has 2 aromatic rings. The number of hydrogen-bond acceptors (Lipinski definition) is 6. The van der Waals surface area contributed by atoms with Crippen molar-refractivity contribution in [3.05, 3.63) is 35.6 Å². The molecule has 42 heavy (non-hydrogen) atoms. The molecule has 230 valence electrons. The maximum atomic E-state index is 14.1. The average Bonchev–Trinajstić information content (AvgIpc) is 3.65. The molecular formula is C34H46FNO6. The van der Waals surface area contributed by atoms with Gasteiger partial charge in [0.15, 0.2) is 5.78 Å². The summed E-state index contributed by atoms with van der Waals surface area (Å²) in [5.74, 6) is 0.648. The summed E-state index contributed by atoms with van der Waals surface area (Å²) < 4.78 is 29.6. The Morgan fingerprint density at radius 2 is 1.76 bits per heavy atom. The van der Waals surface area contributed by atoms with Crippen LogP contribution in [0.2, 0.25) is 0 Å². The minimum absolute atomic E-state index is 0.0368. The van der Waals surface area contributed by atoms with Crippen LogP contribution < -0.4 is 0 Å². The molecule has 0 radical (unpaired) electrons. The van der Waals surface area contributed by atoms with Crippen LogP contribution in [-0.4, -0.2) is 61.6 Å². The van der Waals surface area contributed by atoms with Crippen molar-refractivity contribution in [2.45, 2.75) is 90.2 Å². The van der Waals surface area contributed by atoms with Crippen molar-refractivity contribution in [2.24, 2.45) is 29.6 Å². The van der Waals surface area contributed by atoms with Crippen molar-refractivity contribution in [3.8, 4) is 0 Å². The molecule has 0 unspecified atom stereocenters. The molecule has 0 bridgehead atoms. The molecule has 1 aromatic heterocycles. The molecule has 1 amide bonds. The predicted molar refractivity (Wildman–Crippen MR) is 158 cm³/mol. The zero-order valence-corrected chi connectivity index (χ0v) is 25.3. The second-order valence-corrected chi connectivity index (χ2v) is 12.8. The molecule has 8 heteroatoms. The maximum absolute atomic E-state index is 14.1. The number of carbonyl (C=O) groups excluding carboxylic acids is 3. The van der Waals surface area contributed by atoms with Gasteiger partial charge in [0.05, 0.1) is 25.4 Å². The molecule has 5 rings (SSSR count). The van der Waals surface area contributed by atoms with E-state index < -0.39 is 12.0 Å². The predicted octanol–water partition coefficient (Wildman–Crippen LogP) is 6.56. The van der Waals surface area contributed by atoms with Crippen LogP contribution in [0.4, 0.5) is 4.39 Å². The number of amides is 1. The molecule has 2 saturated carbocycles. The van der Waals surface area contributed by atoms with Gasteiger partial charge in [-0.25, -0.2) is 4.79 Å². The number of halogens is 1. The number of ether oxygens (including phenoxy) is 2. The Kier molecular flexibility index (Phi) is 10.0. The van der Waals surface area contributed by atoms with E-state index in [4.69, 9.17) is 13.9 Å². The molecule has 7 nitrogen and oxygen atoms in total. The summed E-state index contributed by atoms with van der Waals surface area (Å²) in [7, 11) is 1.77. The number of fused-ring (bicyclic) bond motifs is 1. The van der Waals surface area contributed by atoms with Gasteiger partial charge in [-0.3, -0.25) is 14.0 Å². The van der Waals surface area contributed by atoms with E-state index in [-0.39, 0.29) is 61.0 Å². The second-order valence-electron chi connectivity index (χ2n) is 12.8. The van der Waals surface area contributed by atoms with Crippen LogP contribution in [0.3, 0.4) is 0 Å².